The Labute approximate surface area is 212 Å². The maximum absolute atomic E-state index is 13.2. The summed E-state index contributed by atoms with van der Waals surface area (Å²) in [5.74, 6) is 0.479. The Hall–Kier alpha value is -3.06. The highest BCUT2D eigenvalue weighted by molar-refractivity contribution is 7.98. The average Bonchev–Trinajstić information content (AvgIpc) is 3.40. The molecule has 184 valence electrons. The van der Waals surface area contributed by atoms with Crippen molar-refractivity contribution in [3.63, 3.8) is 0 Å². The fraction of sp³-hybridized carbons (Fsp3) is 0.393. The lowest BCUT2D eigenvalue weighted by Gasteiger charge is -2.40. The summed E-state index contributed by atoms with van der Waals surface area (Å²) in [7, 11) is 1.92. The van der Waals surface area contributed by atoms with Gasteiger partial charge in [0.2, 0.25) is 5.91 Å². The van der Waals surface area contributed by atoms with E-state index in [2.05, 4.69) is 36.3 Å². The van der Waals surface area contributed by atoms with Crippen molar-refractivity contribution in [1.82, 2.24) is 19.6 Å². The minimum Gasteiger partial charge on any atom is -0.341 e. The van der Waals surface area contributed by atoms with E-state index in [-0.39, 0.29) is 24.4 Å². The van der Waals surface area contributed by atoms with Crippen molar-refractivity contribution in [2.24, 2.45) is 5.92 Å². The molecule has 1 saturated heterocycles. The molecule has 1 atom stereocenters. The van der Waals surface area contributed by atoms with Gasteiger partial charge in [-0.1, -0.05) is 36.4 Å². The Morgan fingerprint density at radius 3 is 2.49 bits per heavy atom. The molecule has 3 aromatic rings. The number of thioether (sulfide) groups is 1. The van der Waals surface area contributed by atoms with Crippen LogP contribution in [0.3, 0.4) is 0 Å². The van der Waals surface area contributed by atoms with Gasteiger partial charge in [0.15, 0.2) is 0 Å². The first-order chi connectivity index (χ1) is 17.0. The van der Waals surface area contributed by atoms with Gasteiger partial charge in [0.1, 0.15) is 6.54 Å². The second kappa shape index (κ2) is 11.6. The van der Waals surface area contributed by atoms with Gasteiger partial charge >= 0.3 is 0 Å². The number of benzene rings is 2. The molecule has 4 rings (SSSR count). The number of likely N-dealkylation sites (tertiary alicyclic amines) is 1. The van der Waals surface area contributed by atoms with E-state index in [0.29, 0.717) is 19.0 Å². The van der Waals surface area contributed by atoms with Gasteiger partial charge in [0, 0.05) is 43.5 Å². The summed E-state index contributed by atoms with van der Waals surface area (Å²) >= 11 is 1.61. The molecular formula is C28H34N4O2S. The van der Waals surface area contributed by atoms with E-state index in [4.69, 9.17) is 0 Å². The number of hydrogen-bond acceptors (Lipinski definition) is 4. The van der Waals surface area contributed by atoms with Crippen LogP contribution in [0.5, 0.6) is 0 Å². The van der Waals surface area contributed by atoms with Gasteiger partial charge in [-0.05, 0) is 67.7 Å². The number of aryl methyl sites for hydroxylation is 1. The summed E-state index contributed by atoms with van der Waals surface area (Å²) in [6.45, 7) is 3.77. The maximum atomic E-state index is 13.2. The average molecular weight is 491 g/mol. The molecule has 35 heavy (non-hydrogen) atoms. The largest absolute Gasteiger partial charge is 0.341 e. The van der Waals surface area contributed by atoms with Gasteiger partial charge in [0.25, 0.3) is 5.91 Å². The molecule has 2 amide bonds. The predicted octanol–water partition coefficient (Wildman–Crippen LogP) is 4.54. The summed E-state index contributed by atoms with van der Waals surface area (Å²) in [5, 5.41) is 4.20. The summed E-state index contributed by atoms with van der Waals surface area (Å²) in [5.41, 5.74) is 3.29. The lowest BCUT2D eigenvalue weighted by molar-refractivity contribution is -0.134. The second-order valence-corrected chi connectivity index (χ2v) is 10.1. The van der Waals surface area contributed by atoms with Crippen molar-refractivity contribution in [3.8, 4) is 0 Å². The van der Waals surface area contributed by atoms with Crippen LogP contribution in [-0.2, 0) is 17.8 Å². The van der Waals surface area contributed by atoms with Gasteiger partial charge in [-0.25, -0.2) is 0 Å². The van der Waals surface area contributed by atoms with Crippen LogP contribution in [0.1, 0.15) is 34.3 Å². The molecule has 1 aliphatic heterocycles. The fourth-order valence-corrected chi connectivity index (χ4v) is 5.58. The first kappa shape index (κ1) is 25.0. The summed E-state index contributed by atoms with van der Waals surface area (Å²) in [6, 6.07) is 18.1. The number of rotatable bonds is 8. The van der Waals surface area contributed by atoms with Gasteiger partial charge in [0.05, 0.1) is 5.56 Å². The standard InChI is InChI=1S/C28H34N4O2S/c1-21-9-4-5-10-23(21)19-25(30(2)27(33)20-32-16-8-15-29-32)22-13-17-31(18-14-22)28(34)24-11-6-7-12-26(24)35-3/h4-12,15-16,22,25H,13-14,17-20H2,1-3H3/t25-/m0/s1. The van der Waals surface area contributed by atoms with Crippen molar-refractivity contribution in [2.45, 2.75) is 43.7 Å². The third-order valence-corrected chi connectivity index (χ3v) is 7.94. The Kier molecular flexibility index (Phi) is 8.29. The molecule has 0 unspecified atom stereocenters. The van der Waals surface area contributed by atoms with Gasteiger partial charge in [-0.3, -0.25) is 14.3 Å². The number of carbonyl (C=O) groups excluding carboxylic acids is 2. The number of piperidine rings is 1. The predicted molar refractivity (Wildman–Crippen MR) is 141 cm³/mol. The third kappa shape index (κ3) is 5.96. The van der Waals surface area contributed by atoms with E-state index in [1.165, 1.54) is 11.1 Å². The molecule has 0 radical (unpaired) electrons. The minimum absolute atomic E-state index is 0.0553. The molecule has 1 aliphatic rings. The monoisotopic (exact) mass is 490 g/mol. The summed E-state index contributed by atoms with van der Waals surface area (Å²) in [6.07, 6.45) is 8.08. The molecule has 1 fully saturated rings. The first-order valence-corrected chi connectivity index (χ1v) is 13.4. The van der Waals surface area contributed by atoms with Crippen molar-refractivity contribution in [1.29, 1.82) is 0 Å². The van der Waals surface area contributed by atoms with Crippen molar-refractivity contribution in [3.05, 3.63) is 83.7 Å². The van der Waals surface area contributed by atoms with Crippen LogP contribution in [0.2, 0.25) is 0 Å². The molecule has 0 spiro atoms. The van der Waals surface area contributed by atoms with Crippen LogP contribution in [0.4, 0.5) is 0 Å². The lowest BCUT2D eigenvalue weighted by atomic mass is 9.84. The molecule has 0 N–H and O–H groups in total. The molecular weight excluding hydrogens is 456 g/mol. The second-order valence-electron chi connectivity index (χ2n) is 9.24. The van der Waals surface area contributed by atoms with Crippen LogP contribution in [0, 0.1) is 12.8 Å². The molecule has 0 saturated carbocycles. The zero-order valence-corrected chi connectivity index (χ0v) is 21.6. The maximum Gasteiger partial charge on any atom is 0.254 e. The van der Waals surface area contributed by atoms with Crippen molar-refractivity contribution >= 4 is 23.6 Å². The van der Waals surface area contributed by atoms with E-state index in [9.17, 15) is 9.59 Å². The number of hydrogen-bond donors (Lipinski definition) is 0. The molecule has 1 aromatic heterocycles. The Morgan fingerprint density at radius 2 is 1.80 bits per heavy atom. The van der Waals surface area contributed by atoms with Gasteiger partial charge in [-0.2, -0.15) is 5.10 Å². The van der Waals surface area contributed by atoms with E-state index < -0.39 is 0 Å². The number of amides is 2. The van der Waals surface area contributed by atoms with E-state index >= 15 is 0 Å². The SMILES string of the molecule is CSc1ccccc1C(=O)N1CCC([C@H](Cc2ccccc2C)N(C)C(=O)Cn2cccn2)CC1. The van der Waals surface area contributed by atoms with E-state index in [0.717, 1.165) is 29.7 Å². The first-order valence-electron chi connectivity index (χ1n) is 12.2. The minimum atomic E-state index is 0.0553. The zero-order chi connectivity index (χ0) is 24.8. The molecule has 2 aromatic carbocycles. The molecule has 0 bridgehead atoms. The highest BCUT2D eigenvalue weighted by Crippen LogP contribution is 2.29. The smallest absolute Gasteiger partial charge is 0.254 e. The molecule has 6 nitrogen and oxygen atoms in total. The fourth-order valence-electron chi connectivity index (χ4n) is 4.99. The van der Waals surface area contributed by atoms with Crippen LogP contribution in [0.15, 0.2) is 71.9 Å². The summed E-state index contributed by atoms with van der Waals surface area (Å²) < 4.78 is 1.67. The zero-order valence-electron chi connectivity index (χ0n) is 20.8. The van der Waals surface area contributed by atoms with Crippen LogP contribution in [-0.4, -0.2) is 63.8 Å². The van der Waals surface area contributed by atoms with Crippen LogP contribution >= 0.6 is 11.8 Å². The van der Waals surface area contributed by atoms with E-state index in [1.807, 2.05) is 59.6 Å². The number of carbonyl (C=O) groups is 2. The molecule has 2 heterocycles. The highest BCUT2D eigenvalue weighted by Gasteiger charge is 2.33. The van der Waals surface area contributed by atoms with Gasteiger partial charge in [-0.15, -0.1) is 11.8 Å². The number of aromatic nitrogens is 2. The Balaban J connectivity index is 1.49. The van der Waals surface area contributed by atoms with Crippen LogP contribution < -0.4 is 0 Å². The molecule has 7 heteroatoms. The quantitative estimate of drug-likeness (QED) is 0.435. The molecule has 0 aliphatic carbocycles. The number of likely N-dealkylation sites (N-methyl/N-ethyl adjacent to an activating group) is 1. The van der Waals surface area contributed by atoms with Crippen molar-refractivity contribution < 1.29 is 9.59 Å². The van der Waals surface area contributed by atoms with Crippen LogP contribution in [0.25, 0.3) is 0 Å². The van der Waals surface area contributed by atoms with E-state index in [1.54, 1.807) is 22.6 Å². The van der Waals surface area contributed by atoms with Gasteiger partial charge < -0.3 is 9.80 Å². The van der Waals surface area contributed by atoms with Crippen molar-refractivity contribution in [2.75, 3.05) is 26.4 Å². The summed E-state index contributed by atoms with van der Waals surface area (Å²) in [4.78, 5) is 31.4. The normalized spacial score (nSPS) is 15.1. The number of nitrogens with zero attached hydrogens (tertiary/aromatic N) is 4. The topological polar surface area (TPSA) is 58.4 Å². The third-order valence-electron chi connectivity index (χ3n) is 7.15. The Bertz CT molecular complexity index is 1140. The Morgan fingerprint density at radius 1 is 1.09 bits per heavy atom. The highest BCUT2D eigenvalue weighted by atomic mass is 32.2. The lowest BCUT2D eigenvalue weighted by Crippen LogP contribution is -2.49.